The second kappa shape index (κ2) is 6.47. The lowest BCUT2D eigenvalue weighted by atomic mass is 10.1. The van der Waals surface area contributed by atoms with Crippen LogP contribution in [0, 0.1) is 0 Å². The van der Waals surface area contributed by atoms with Crippen molar-refractivity contribution >= 4 is 34.8 Å². The van der Waals surface area contributed by atoms with E-state index in [2.05, 4.69) is 13.2 Å². The van der Waals surface area contributed by atoms with Gasteiger partial charge < -0.3 is 10.6 Å². The molecule has 0 unspecified atom stereocenters. The van der Waals surface area contributed by atoms with Gasteiger partial charge in [0.15, 0.2) is 0 Å². The second-order valence-electron chi connectivity index (χ2n) is 3.65. The zero-order chi connectivity index (χ0) is 13.7. The van der Waals surface area contributed by atoms with Gasteiger partial charge in [-0.15, -0.1) is 13.2 Å². The first-order valence-electron chi connectivity index (χ1n) is 5.26. The van der Waals surface area contributed by atoms with Gasteiger partial charge in [-0.25, -0.2) is 0 Å². The van der Waals surface area contributed by atoms with Crippen LogP contribution < -0.4 is 5.73 Å². The van der Waals surface area contributed by atoms with E-state index in [-0.39, 0.29) is 21.6 Å². The lowest BCUT2D eigenvalue weighted by molar-refractivity contribution is 0.0791. The van der Waals surface area contributed by atoms with E-state index in [0.717, 1.165) is 0 Å². The highest BCUT2D eigenvalue weighted by molar-refractivity contribution is 6.43. The van der Waals surface area contributed by atoms with E-state index in [1.807, 2.05) is 0 Å². The Balaban J connectivity index is 3.08. The molecule has 0 saturated heterocycles. The molecular weight excluding hydrogens is 271 g/mol. The van der Waals surface area contributed by atoms with Gasteiger partial charge in [-0.3, -0.25) is 4.79 Å². The monoisotopic (exact) mass is 284 g/mol. The zero-order valence-corrected chi connectivity index (χ0v) is 11.3. The molecule has 0 aliphatic heterocycles. The lowest BCUT2D eigenvalue weighted by Crippen LogP contribution is -2.31. The average Bonchev–Trinajstić information content (AvgIpc) is 2.34. The fraction of sp³-hybridized carbons (Fsp3) is 0.154. The first kappa shape index (κ1) is 14.6. The van der Waals surface area contributed by atoms with Crippen LogP contribution in [0.25, 0.3) is 0 Å². The van der Waals surface area contributed by atoms with Gasteiger partial charge >= 0.3 is 0 Å². The lowest BCUT2D eigenvalue weighted by Gasteiger charge is -2.19. The maximum Gasteiger partial charge on any atom is 0.254 e. The standard InChI is InChI=1S/C13H14Cl2N2O/c1-3-5-17(6-4-2)13(18)9-7-10(14)12(15)11(16)8-9/h3-4,7-8H,1-2,5-6,16H2. The second-order valence-corrected chi connectivity index (χ2v) is 4.43. The molecule has 1 rings (SSSR count). The molecule has 0 atom stereocenters. The molecule has 0 heterocycles. The average molecular weight is 285 g/mol. The molecule has 2 N–H and O–H groups in total. The van der Waals surface area contributed by atoms with Gasteiger partial charge in [0.2, 0.25) is 0 Å². The van der Waals surface area contributed by atoms with Gasteiger partial charge in [0.1, 0.15) is 0 Å². The van der Waals surface area contributed by atoms with Crippen LogP contribution in [0.15, 0.2) is 37.4 Å². The van der Waals surface area contributed by atoms with Crippen molar-refractivity contribution in [2.45, 2.75) is 0 Å². The fourth-order valence-corrected chi connectivity index (χ4v) is 1.80. The Labute approximate surface area is 116 Å². The molecule has 0 saturated carbocycles. The number of rotatable bonds is 5. The van der Waals surface area contributed by atoms with Crippen LogP contribution in [0.5, 0.6) is 0 Å². The zero-order valence-electron chi connectivity index (χ0n) is 9.83. The summed E-state index contributed by atoms with van der Waals surface area (Å²) in [4.78, 5) is 13.8. The molecule has 1 aromatic carbocycles. The number of carbonyl (C=O) groups excluding carboxylic acids is 1. The number of hydrogen-bond acceptors (Lipinski definition) is 2. The van der Waals surface area contributed by atoms with Crippen molar-refractivity contribution < 1.29 is 4.79 Å². The van der Waals surface area contributed by atoms with Crippen molar-refractivity contribution in [3.8, 4) is 0 Å². The van der Waals surface area contributed by atoms with Gasteiger partial charge in [0.05, 0.1) is 15.7 Å². The summed E-state index contributed by atoms with van der Waals surface area (Å²) in [5.74, 6) is -0.194. The number of nitrogen functional groups attached to an aromatic ring is 1. The van der Waals surface area contributed by atoms with Gasteiger partial charge in [-0.05, 0) is 12.1 Å². The number of hydrogen-bond donors (Lipinski definition) is 1. The van der Waals surface area contributed by atoms with Crippen molar-refractivity contribution in [3.63, 3.8) is 0 Å². The molecule has 0 fully saturated rings. The Morgan fingerprint density at radius 1 is 1.28 bits per heavy atom. The van der Waals surface area contributed by atoms with E-state index in [1.165, 1.54) is 12.1 Å². The maximum atomic E-state index is 12.2. The van der Waals surface area contributed by atoms with Crippen LogP contribution in [0.1, 0.15) is 10.4 Å². The van der Waals surface area contributed by atoms with Crippen molar-refractivity contribution in [2.75, 3.05) is 18.8 Å². The number of benzene rings is 1. The summed E-state index contributed by atoms with van der Waals surface area (Å²) in [5.41, 5.74) is 6.36. The number of halogens is 2. The molecule has 0 aliphatic carbocycles. The fourth-order valence-electron chi connectivity index (χ4n) is 1.47. The third-order valence-electron chi connectivity index (χ3n) is 2.29. The Morgan fingerprint density at radius 3 is 2.28 bits per heavy atom. The predicted octanol–water partition coefficient (Wildman–Crippen LogP) is 3.39. The SMILES string of the molecule is C=CCN(CC=C)C(=O)c1cc(N)c(Cl)c(Cl)c1. The minimum Gasteiger partial charge on any atom is -0.397 e. The van der Waals surface area contributed by atoms with Gasteiger partial charge in [0, 0.05) is 18.7 Å². The molecule has 0 spiro atoms. The van der Waals surface area contributed by atoms with Crippen LogP contribution in [0.4, 0.5) is 5.69 Å². The first-order chi connectivity index (χ1) is 8.51. The number of anilines is 1. The molecule has 1 aromatic rings. The normalized spacial score (nSPS) is 9.89. The molecule has 0 bridgehead atoms. The molecule has 0 radical (unpaired) electrons. The molecule has 0 aromatic heterocycles. The highest BCUT2D eigenvalue weighted by Gasteiger charge is 2.16. The smallest absolute Gasteiger partial charge is 0.254 e. The molecular formula is C13H14Cl2N2O. The maximum absolute atomic E-state index is 12.2. The van der Waals surface area contributed by atoms with E-state index in [4.69, 9.17) is 28.9 Å². The quantitative estimate of drug-likeness (QED) is 0.665. The van der Waals surface area contributed by atoms with E-state index in [1.54, 1.807) is 17.1 Å². The Hall–Kier alpha value is -1.45. The van der Waals surface area contributed by atoms with Gasteiger partial charge in [-0.2, -0.15) is 0 Å². The molecule has 0 aliphatic rings. The minimum atomic E-state index is -0.194. The number of carbonyl (C=O) groups is 1. The Kier molecular flexibility index (Phi) is 5.25. The topological polar surface area (TPSA) is 46.3 Å². The number of nitrogens with zero attached hydrogens (tertiary/aromatic N) is 1. The van der Waals surface area contributed by atoms with Crippen LogP contribution in [0.3, 0.4) is 0 Å². The van der Waals surface area contributed by atoms with Crippen molar-refractivity contribution in [3.05, 3.63) is 53.1 Å². The van der Waals surface area contributed by atoms with Gasteiger partial charge in [0.25, 0.3) is 5.91 Å². The highest BCUT2D eigenvalue weighted by Crippen LogP contribution is 2.29. The van der Waals surface area contributed by atoms with Gasteiger partial charge in [-0.1, -0.05) is 35.4 Å². The molecule has 5 heteroatoms. The molecule has 3 nitrogen and oxygen atoms in total. The van der Waals surface area contributed by atoms with Crippen LogP contribution in [-0.4, -0.2) is 23.9 Å². The van der Waals surface area contributed by atoms with Crippen LogP contribution in [-0.2, 0) is 0 Å². The third kappa shape index (κ3) is 3.28. The van der Waals surface area contributed by atoms with Crippen LogP contribution >= 0.6 is 23.2 Å². The van der Waals surface area contributed by atoms with Crippen molar-refractivity contribution in [1.29, 1.82) is 0 Å². The van der Waals surface area contributed by atoms with E-state index in [9.17, 15) is 4.79 Å². The van der Waals surface area contributed by atoms with E-state index >= 15 is 0 Å². The van der Waals surface area contributed by atoms with Crippen molar-refractivity contribution in [2.24, 2.45) is 0 Å². The first-order valence-corrected chi connectivity index (χ1v) is 6.02. The Bertz CT molecular complexity index is 453. The van der Waals surface area contributed by atoms with Crippen LogP contribution in [0.2, 0.25) is 10.0 Å². The summed E-state index contributed by atoms with van der Waals surface area (Å²) >= 11 is 11.7. The predicted molar refractivity (Wildman–Crippen MR) is 77.2 cm³/mol. The summed E-state index contributed by atoms with van der Waals surface area (Å²) in [7, 11) is 0. The summed E-state index contributed by atoms with van der Waals surface area (Å²) in [6.45, 7) is 8.06. The molecule has 18 heavy (non-hydrogen) atoms. The summed E-state index contributed by atoms with van der Waals surface area (Å²) in [6.07, 6.45) is 3.28. The molecule has 1 amide bonds. The number of amides is 1. The van der Waals surface area contributed by atoms with E-state index in [0.29, 0.717) is 18.7 Å². The largest absolute Gasteiger partial charge is 0.397 e. The summed E-state index contributed by atoms with van der Waals surface area (Å²) in [5, 5.41) is 0.518. The number of nitrogens with two attached hydrogens (primary N) is 1. The molecule has 96 valence electrons. The van der Waals surface area contributed by atoms with E-state index < -0.39 is 0 Å². The van der Waals surface area contributed by atoms with Crippen molar-refractivity contribution in [1.82, 2.24) is 4.90 Å². The minimum absolute atomic E-state index is 0.194. The highest BCUT2D eigenvalue weighted by atomic mass is 35.5. The summed E-state index contributed by atoms with van der Waals surface area (Å²) < 4.78 is 0. The third-order valence-corrected chi connectivity index (χ3v) is 3.11. The summed E-state index contributed by atoms with van der Waals surface area (Å²) in [6, 6.07) is 3.01. The Morgan fingerprint density at radius 2 is 1.83 bits per heavy atom.